The number of nitrogens with zero attached hydrogens (tertiary/aromatic N) is 4. The molecule has 1 aliphatic heterocycles. The molecule has 0 spiro atoms. The molecule has 1 aromatic heterocycles. The zero-order valence-corrected chi connectivity index (χ0v) is 18.9. The average Bonchev–Trinajstić information content (AvgIpc) is 2.94. The van der Waals surface area contributed by atoms with Crippen molar-refractivity contribution >= 4 is 28.5 Å². The Morgan fingerprint density at radius 1 is 0.933 bits per heavy atom. The zero-order valence-electron chi connectivity index (χ0n) is 18.1. The van der Waals surface area contributed by atoms with Crippen molar-refractivity contribution in [2.75, 3.05) is 18.5 Å². The molecule has 166 valence electrons. The van der Waals surface area contributed by atoms with E-state index in [0.29, 0.717) is 24.0 Å². The average molecular weight is 435 g/mol. The molecule has 4 rings (SSSR count). The van der Waals surface area contributed by atoms with Gasteiger partial charge in [0.2, 0.25) is 5.13 Å². The fourth-order valence-electron chi connectivity index (χ4n) is 4.91. The molecule has 2 amide bonds. The molecule has 7 nitrogen and oxygen atoms in total. The van der Waals surface area contributed by atoms with Crippen LogP contribution in [-0.2, 0) is 9.53 Å². The van der Waals surface area contributed by atoms with E-state index in [1.807, 2.05) is 0 Å². The monoisotopic (exact) mass is 434 g/mol. The fraction of sp³-hybridized carbons (Fsp3) is 0.818. The van der Waals surface area contributed by atoms with E-state index in [1.165, 1.54) is 49.9 Å². The van der Waals surface area contributed by atoms with Crippen LogP contribution >= 0.6 is 11.3 Å². The first-order valence-electron chi connectivity index (χ1n) is 11.7. The minimum Gasteiger partial charge on any atom is -0.441 e. The SMILES string of the molecule is CN1CCC(OC(=O)C2CCCCCC2)N(c2nnc(C3CCCCCC3)s2)C1=O. The Morgan fingerprint density at radius 2 is 1.57 bits per heavy atom. The lowest BCUT2D eigenvalue weighted by Gasteiger charge is -2.37. The Bertz CT molecular complexity index is 724. The van der Waals surface area contributed by atoms with Crippen molar-refractivity contribution in [3.63, 3.8) is 0 Å². The normalized spacial score (nSPS) is 25.1. The van der Waals surface area contributed by atoms with Crippen LogP contribution in [0.2, 0.25) is 0 Å². The van der Waals surface area contributed by atoms with E-state index in [-0.39, 0.29) is 17.9 Å². The molecule has 2 aliphatic carbocycles. The van der Waals surface area contributed by atoms with Crippen LogP contribution in [0.1, 0.15) is 94.4 Å². The van der Waals surface area contributed by atoms with Gasteiger partial charge >= 0.3 is 12.0 Å². The highest BCUT2D eigenvalue weighted by molar-refractivity contribution is 7.15. The Morgan fingerprint density at radius 3 is 2.23 bits per heavy atom. The summed E-state index contributed by atoms with van der Waals surface area (Å²) in [7, 11) is 1.78. The van der Waals surface area contributed by atoms with E-state index in [0.717, 1.165) is 43.5 Å². The van der Waals surface area contributed by atoms with Crippen LogP contribution in [0.3, 0.4) is 0 Å². The first-order chi connectivity index (χ1) is 14.6. The molecule has 3 aliphatic rings. The Labute approximate surface area is 183 Å². The van der Waals surface area contributed by atoms with E-state index in [2.05, 4.69) is 10.2 Å². The molecule has 8 heteroatoms. The maximum Gasteiger partial charge on any atom is 0.329 e. The van der Waals surface area contributed by atoms with Gasteiger partial charge in [0.25, 0.3) is 0 Å². The summed E-state index contributed by atoms with van der Waals surface area (Å²) in [4.78, 5) is 29.1. The summed E-state index contributed by atoms with van der Waals surface area (Å²) in [5.41, 5.74) is 0. The molecule has 1 atom stereocenters. The van der Waals surface area contributed by atoms with Gasteiger partial charge in [-0.3, -0.25) is 4.79 Å². The molecule has 0 radical (unpaired) electrons. The summed E-state index contributed by atoms with van der Waals surface area (Å²) in [5.74, 6) is 0.237. The van der Waals surface area contributed by atoms with Gasteiger partial charge < -0.3 is 9.64 Å². The number of carbonyl (C=O) groups excluding carboxylic acids is 2. The molecule has 0 aromatic carbocycles. The summed E-state index contributed by atoms with van der Waals surface area (Å²) >= 11 is 1.50. The number of urea groups is 1. The van der Waals surface area contributed by atoms with Gasteiger partial charge in [-0.1, -0.05) is 62.7 Å². The minimum atomic E-state index is -0.584. The minimum absolute atomic E-state index is 0.0416. The zero-order chi connectivity index (χ0) is 20.9. The third kappa shape index (κ3) is 4.95. The van der Waals surface area contributed by atoms with Crippen LogP contribution in [-0.4, -0.2) is 46.9 Å². The van der Waals surface area contributed by atoms with Crippen LogP contribution in [0.25, 0.3) is 0 Å². The lowest BCUT2D eigenvalue weighted by Crippen LogP contribution is -2.55. The van der Waals surface area contributed by atoms with E-state index in [9.17, 15) is 9.59 Å². The van der Waals surface area contributed by atoms with E-state index in [1.54, 1.807) is 16.8 Å². The van der Waals surface area contributed by atoms with Gasteiger partial charge in [0.15, 0.2) is 6.23 Å². The van der Waals surface area contributed by atoms with Crippen LogP contribution < -0.4 is 4.90 Å². The first kappa shape index (κ1) is 21.5. The second kappa shape index (κ2) is 10.1. The molecule has 0 bridgehead atoms. The second-order valence-corrected chi connectivity index (χ2v) is 10.0. The summed E-state index contributed by atoms with van der Waals surface area (Å²) < 4.78 is 5.93. The molecule has 2 heterocycles. The summed E-state index contributed by atoms with van der Waals surface area (Å²) in [6, 6.07) is -0.163. The van der Waals surface area contributed by atoms with E-state index < -0.39 is 6.23 Å². The largest absolute Gasteiger partial charge is 0.441 e. The number of esters is 1. The van der Waals surface area contributed by atoms with Crippen LogP contribution in [0.5, 0.6) is 0 Å². The number of amides is 2. The van der Waals surface area contributed by atoms with Crippen molar-refractivity contribution in [1.82, 2.24) is 15.1 Å². The topological polar surface area (TPSA) is 75.6 Å². The van der Waals surface area contributed by atoms with Crippen LogP contribution in [0, 0.1) is 5.92 Å². The molecule has 1 unspecified atom stereocenters. The van der Waals surface area contributed by atoms with Gasteiger partial charge in [0.05, 0.1) is 5.92 Å². The van der Waals surface area contributed by atoms with Crippen LogP contribution in [0.15, 0.2) is 0 Å². The Balaban J connectivity index is 1.49. The highest BCUT2D eigenvalue weighted by Crippen LogP contribution is 2.37. The molecule has 1 saturated heterocycles. The quantitative estimate of drug-likeness (QED) is 0.488. The first-order valence-corrected chi connectivity index (χ1v) is 12.5. The van der Waals surface area contributed by atoms with Crippen molar-refractivity contribution in [2.24, 2.45) is 5.92 Å². The Kier molecular flexibility index (Phi) is 7.23. The predicted octanol–water partition coefficient (Wildman–Crippen LogP) is 5.08. The van der Waals surface area contributed by atoms with Gasteiger partial charge in [-0.15, -0.1) is 10.2 Å². The third-order valence-electron chi connectivity index (χ3n) is 6.81. The highest BCUT2D eigenvalue weighted by atomic mass is 32.1. The van der Waals surface area contributed by atoms with Gasteiger partial charge in [-0.2, -0.15) is 0 Å². The number of rotatable bonds is 4. The van der Waals surface area contributed by atoms with Crippen LogP contribution in [0.4, 0.5) is 9.93 Å². The number of carbonyl (C=O) groups is 2. The number of hydrogen-bond donors (Lipinski definition) is 0. The summed E-state index contributed by atoms with van der Waals surface area (Å²) in [5, 5.41) is 10.4. The molecule has 2 saturated carbocycles. The lowest BCUT2D eigenvalue weighted by atomic mass is 10.0. The summed E-state index contributed by atoms with van der Waals surface area (Å²) in [6.07, 6.45) is 13.7. The van der Waals surface area contributed by atoms with Crippen molar-refractivity contribution in [3.05, 3.63) is 5.01 Å². The van der Waals surface area contributed by atoms with Gasteiger partial charge in [0.1, 0.15) is 5.01 Å². The standard InChI is InChI=1S/C22H34N4O3S/c1-25-15-14-18(29-20(27)17-12-8-4-5-9-13-17)26(22(25)28)21-24-23-19(30-21)16-10-6-2-3-7-11-16/h16-18H,2-15H2,1H3. The van der Waals surface area contributed by atoms with Gasteiger partial charge in [-0.05, 0) is 25.7 Å². The maximum absolute atomic E-state index is 13.0. The third-order valence-corrected chi connectivity index (χ3v) is 7.90. The second-order valence-electron chi connectivity index (χ2n) is 9.05. The molecule has 30 heavy (non-hydrogen) atoms. The van der Waals surface area contributed by atoms with Crippen molar-refractivity contribution in [1.29, 1.82) is 0 Å². The molecule has 1 aromatic rings. The molecular formula is C22H34N4O3S. The smallest absolute Gasteiger partial charge is 0.329 e. The Hall–Kier alpha value is -1.70. The lowest BCUT2D eigenvalue weighted by molar-refractivity contribution is -0.155. The van der Waals surface area contributed by atoms with Gasteiger partial charge in [0, 0.05) is 25.9 Å². The number of ether oxygens (including phenoxy) is 1. The fourth-order valence-corrected chi connectivity index (χ4v) is 5.96. The van der Waals surface area contributed by atoms with Crippen molar-refractivity contribution in [3.8, 4) is 0 Å². The molecular weight excluding hydrogens is 400 g/mol. The maximum atomic E-state index is 13.0. The van der Waals surface area contributed by atoms with Gasteiger partial charge in [-0.25, -0.2) is 9.69 Å². The highest BCUT2D eigenvalue weighted by Gasteiger charge is 2.38. The molecule has 0 N–H and O–H groups in total. The number of hydrogen-bond acceptors (Lipinski definition) is 6. The van der Waals surface area contributed by atoms with Crippen molar-refractivity contribution < 1.29 is 14.3 Å². The number of anilines is 1. The summed E-state index contributed by atoms with van der Waals surface area (Å²) in [6.45, 7) is 0.576. The van der Waals surface area contributed by atoms with E-state index >= 15 is 0 Å². The predicted molar refractivity (Wildman–Crippen MR) is 117 cm³/mol. The van der Waals surface area contributed by atoms with Crippen molar-refractivity contribution in [2.45, 2.75) is 95.6 Å². The van der Waals surface area contributed by atoms with E-state index in [4.69, 9.17) is 4.74 Å². The number of aromatic nitrogens is 2. The molecule has 3 fully saturated rings.